The summed E-state index contributed by atoms with van der Waals surface area (Å²) < 4.78 is 5.86. The minimum atomic E-state index is -0.805. The topological polar surface area (TPSA) is 160 Å². The molecule has 0 bridgehead atoms. The molecule has 0 aliphatic carbocycles. The molecule has 0 saturated carbocycles. The van der Waals surface area contributed by atoms with Gasteiger partial charge in [-0.2, -0.15) is 5.26 Å². The van der Waals surface area contributed by atoms with E-state index >= 15 is 0 Å². The zero-order valence-corrected chi connectivity index (χ0v) is 18.2. The summed E-state index contributed by atoms with van der Waals surface area (Å²) in [6, 6.07) is 9.22. The van der Waals surface area contributed by atoms with Crippen LogP contribution in [0.5, 0.6) is 5.75 Å². The number of benzene rings is 1. The predicted octanol–water partition coefficient (Wildman–Crippen LogP) is 2.32. The first-order chi connectivity index (χ1) is 16.4. The van der Waals surface area contributed by atoms with Crippen molar-refractivity contribution >= 4 is 11.6 Å². The van der Waals surface area contributed by atoms with Crippen molar-refractivity contribution in [2.24, 2.45) is 7.05 Å². The molecule has 11 heteroatoms. The Morgan fingerprint density at radius 2 is 2.06 bits per heavy atom. The van der Waals surface area contributed by atoms with Gasteiger partial charge in [-0.15, -0.1) is 0 Å². The predicted molar refractivity (Wildman–Crippen MR) is 119 cm³/mol. The van der Waals surface area contributed by atoms with Crippen molar-refractivity contribution in [2.75, 3.05) is 5.32 Å². The van der Waals surface area contributed by atoms with Crippen molar-refractivity contribution in [3.63, 3.8) is 0 Å². The average Bonchev–Trinajstić information content (AvgIpc) is 3.36. The highest BCUT2D eigenvalue weighted by atomic mass is 16.5. The maximum Gasteiger partial charge on any atom is 0.296 e. The number of rotatable bonds is 6. The lowest BCUT2D eigenvalue weighted by atomic mass is 9.82. The van der Waals surface area contributed by atoms with Crippen LogP contribution in [0.1, 0.15) is 51.9 Å². The molecular weight excluding hydrogens is 438 g/mol. The molecule has 0 aliphatic heterocycles. The Morgan fingerprint density at radius 1 is 1.26 bits per heavy atom. The molecule has 1 aromatic carbocycles. The number of nitrogens with one attached hydrogen (secondary N) is 1. The first-order valence-corrected chi connectivity index (χ1v) is 10.2. The van der Waals surface area contributed by atoms with Gasteiger partial charge in [0, 0.05) is 37.5 Å². The summed E-state index contributed by atoms with van der Waals surface area (Å²) in [7, 11) is 1.45. The number of nitrogens with zero attached hydrogens (tertiary/aromatic N) is 6. The third kappa shape index (κ3) is 4.12. The third-order valence-corrected chi connectivity index (χ3v) is 5.43. The number of aromatic hydroxyl groups is 1. The molecule has 4 aromatic rings. The van der Waals surface area contributed by atoms with Gasteiger partial charge in [0.15, 0.2) is 5.69 Å². The van der Waals surface area contributed by atoms with Gasteiger partial charge >= 0.3 is 0 Å². The molecule has 2 atom stereocenters. The largest absolute Gasteiger partial charge is 0.501 e. The number of hydrogen-bond donors (Lipinski definition) is 2. The summed E-state index contributed by atoms with van der Waals surface area (Å²) in [5.74, 6) is -2.46. The number of aromatic nitrogens is 5. The second kappa shape index (κ2) is 9.33. The minimum absolute atomic E-state index is 0.210. The van der Waals surface area contributed by atoms with Crippen molar-refractivity contribution in [3.8, 4) is 11.8 Å². The van der Waals surface area contributed by atoms with E-state index in [9.17, 15) is 20.0 Å². The van der Waals surface area contributed by atoms with Gasteiger partial charge in [0.1, 0.15) is 17.8 Å². The molecule has 0 saturated heterocycles. The molecule has 3 aromatic heterocycles. The second-order valence-corrected chi connectivity index (χ2v) is 7.49. The van der Waals surface area contributed by atoms with Crippen LogP contribution < -0.4 is 10.9 Å². The Hall–Kier alpha value is -4.85. The van der Waals surface area contributed by atoms with Crippen LogP contribution in [0.4, 0.5) is 5.69 Å². The monoisotopic (exact) mass is 457 g/mol. The van der Waals surface area contributed by atoms with Crippen molar-refractivity contribution < 1.29 is 14.4 Å². The molecule has 11 nitrogen and oxygen atoms in total. The maximum absolute atomic E-state index is 12.8. The number of hydrogen-bond acceptors (Lipinski definition) is 9. The van der Waals surface area contributed by atoms with Gasteiger partial charge in [0.05, 0.1) is 23.5 Å². The fraction of sp³-hybridized carbons (Fsp3) is 0.174. The van der Waals surface area contributed by atoms with E-state index < -0.39 is 34.7 Å². The van der Waals surface area contributed by atoms with Crippen LogP contribution in [0.15, 0.2) is 64.6 Å². The highest BCUT2D eigenvalue weighted by Crippen LogP contribution is 2.38. The molecule has 170 valence electrons. The van der Waals surface area contributed by atoms with E-state index in [1.165, 1.54) is 36.5 Å². The number of anilines is 1. The van der Waals surface area contributed by atoms with Gasteiger partial charge < -0.3 is 14.9 Å². The molecule has 1 amide bonds. The average molecular weight is 457 g/mol. The van der Waals surface area contributed by atoms with Crippen LogP contribution in [-0.4, -0.2) is 35.7 Å². The van der Waals surface area contributed by atoms with E-state index in [-0.39, 0.29) is 11.5 Å². The maximum atomic E-state index is 12.8. The van der Waals surface area contributed by atoms with E-state index in [0.717, 1.165) is 0 Å². The van der Waals surface area contributed by atoms with E-state index in [4.69, 9.17) is 0 Å². The molecule has 0 aliphatic rings. The SMILES string of the molecule is CC(c1nc(C(=O)Nc2cnoc2)c(O)c(=O)n1C)C(c1cnccn1)c1ccccc1C#N. The highest BCUT2D eigenvalue weighted by molar-refractivity contribution is 6.04. The van der Waals surface area contributed by atoms with Gasteiger partial charge in [0.25, 0.3) is 11.5 Å². The molecule has 0 radical (unpaired) electrons. The first kappa shape index (κ1) is 22.3. The Morgan fingerprint density at radius 3 is 2.74 bits per heavy atom. The van der Waals surface area contributed by atoms with Crippen molar-refractivity contribution in [3.05, 3.63) is 94.0 Å². The van der Waals surface area contributed by atoms with Crippen molar-refractivity contribution in [2.45, 2.75) is 18.8 Å². The number of amides is 1. The summed E-state index contributed by atoms with van der Waals surface area (Å²) in [6.07, 6.45) is 7.10. The normalized spacial score (nSPS) is 12.5. The quantitative estimate of drug-likeness (QED) is 0.443. The van der Waals surface area contributed by atoms with Gasteiger partial charge in [-0.05, 0) is 11.6 Å². The molecule has 3 heterocycles. The van der Waals surface area contributed by atoms with Gasteiger partial charge in [-0.1, -0.05) is 30.3 Å². The number of carbonyl (C=O) groups is 1. The smallest absolute Gasteiger partial charge is 0.296 e. The molecule has 2 unspecified atom stereocenters. The summed E-state index contributed by atoms with van der Waals surface area (Å²) in [5, 5.41) is 26.0. The summed E-state index contributed by atoms with van der Waals surface area (Å²) in [6.45, 7) is 1.80. The second-order valence-electron chi connectivity index (χ2n) is 7.49. The standard InChI is InChI=1S/C23H19N7O4/c1-13(18(17-11-25-7-8-26-17)16-6-4-3-5-14(16)9-24)21-29-19(20(31)23(33)30(21)2)22(32)28-15-10-27-34-12-15/h3-8,10-13,18,31H,1-2H3,(H,28,32). The van der Waals surface area contributed by atoms with Gasteiger partial charge in [-0.3, -0.25) is 24.1 Å². The Bertz CT molecular complexity index is 1430. The van der Waals surface area contributed by atoms with Gasteiger partial charge in [-0.25, -0.2) is 4.98 Å². The lowest BCUT2D eigenvalue weighted by molar-refractivity contribution is 0.101. The number of nitriles is 1. The minimum Gasteiger partial charge on any atom is -0.501 e. The van der Waals surface area contributed by atoms with Crippen LogP contribution in [0.3, 0.4) is 0 Å². The Kier molecular flexibility index (Phi) is 6.13. The Balaban J connectivity index is 1.86. The lowest BCUT2D eigenvalue weighted by Gasteiger charge is -2.26. The molecule has 4 rings (SSSR count). The van der Waals surface area contributed by atoms with Crippen LogP contribution in [-0.2, 0) is 7.05 Å². The van der Waals surface area contributed by atoms with E-state index in [0.29, 0.717) is 16.8 Å². The van der Waals surface area contributed by atoms with Crippen LogP contribution in [0.25, 0.3) is 0 Å². The highest BCUT2D eigenvalue weighted by Gasteiger charge is 2.31. The van der Waals surface area contributed by atoms with Crippen LogP contribution in [0, 0.1) is 11.3 Å². The first-order valence-electron chi connectivity index (χ1n) is 10.2. The molecule has 34 heavy (non-hydrogen) atoms. The van der Waals surface area contributed by atoms with Crippen molar-refractivity contribution in [1.82, 2.24) is 24.7 Å². The van der Waals surface area contributed by atoms with Crippen molar-refractivity contribution in [1.29, 1.82) is 5.26 Å². The Labute approximate surface area is 193 Å². The van der Waals surface area contributed by atoms with E-state index in [2.05, 4.69) is 36.0 Å². The molecule has 0 fully saturated rings. The van der Waals surface area contributed by atoms with E-state index in [1.807, 2.05) is 0 Å². The molecule has 0 spiro atoms. The number of carbonyl (C=O) groups excluding carboxylic acids is 1. The zero-order valence-electron chi connectivity index (χ0n) is 18.2. The fourth-order valence-corrected chi connectivity index (χ4v) is 3.80. The van der Waals surface area contributed by atoms with Crippen LogP contribution in [0.2, 0.25) is 0 Å². The summed E-state index contributed by atoms with van der Waals surface area (Å²) in [4.78, 5) is 38.5. The molecular formula is C23H19N7O4. The lowest BCUT2D eigenvalue weighted by Crippen LogP contribution is -2.29. The third-order valence-electron chi connectivity index (χ3n) is 5.43. The summed E-state index contributed by atoms with van der Waals surface area (Å²) >= 11 is 0. The van der Waals surface area contributed by atoms with Gasteiger partial charge in [0.2, 0.25) is 5.75 Å². The van der Waals surface area contributed by atoms with E-state index in [1.54, 1.807) is 37.4 Å². The zero-order chi connectivity index (χ0) is 24.2. The molecule has 2 N–H and O–H groups in total. The van der Waals surface area contributed by atoms with Crippen LogP contribution >= 0.6 is 0 Å². The summed E-state index contributed by atoms with van der Waals surface area (Å²) in [5.41, 5.74) is 0.642. The fourth-order valence-electron chi connectivity index (χ4n) is 3.80.